The number of aliphatic hydroxyl groups excluding tert-OH is 2. The van der Waals surface area contributed by atoms with E-state index in [1.165, 1.54) is 0 Å². The van der Waals surface area contributed by atoms with Crippen LogP contribution in [0.3, 0.4) is 0 Å². The predicted molar refractivity (Wildman–Crippen MR) is 46.5 cm³/mol. The van der Waals surface area contributed by atoms with Crippen molar-refractivity contribution in [3.05, 3.63) is 0 Å². The summed E-state index contributed by atoms with van der Waals surface area (Å²) in [6, 6.07) is 0.190. The quantitative estimate of drug-likeness (QED) is 0.493. The first-order valence-corrected chi connectivity index (χ1v) is 4.41. The Morgan fingerprint density at radius 3 is 2.42 bits per heavy atom. The van der Waals surface area contributed by atoms with Crippen LogP contribution in [0.15, 0.2) is 0 Å². The highest BCUT2D eigenvalue weighted by molar-refractivity contribution is 4.83. The SMILES string of the molecule is CC1NCC(O)N(C(C)C)C1O. The van der Waals surface area contributed by atoms with E-state index in [0.29, 0.717) is 6.54 Å². The fourth-order valence-corrected chi connectivity index (χ4v) is 1.59. The molecular weight excluding hydrogens is 156 g/mol. The van der Waals surface area contributed by atoms with Crippen LogP contribution in [0.25, 0.3) is 0 Å². The zero-order valence-electron chi connectivity index (χ0n) is 7.86. The molecule has 1 heterocycles. The van der Waals surface area contributed by atoms with Crippen LogP contribution in [0, 0.1) is 0 Å². The van der Waals surface area contributed by atoms with Crippen LogP contribution in [0.1, 0.15) is 20.8 Å². The van der Waals surface area contributed by atoms with Gasteiger partial charge in [0.2, 0.25) is 0 Å². The lowest BCUT2D eigenvalue weighted by Crippen LogP contribution is -2.63. The summed E-state index contributed by atoms with van der Waals surface area (Å²) in [6.45, 7) is 6.36. The molecule has 0 aromatic carbocycles. The second-order valence-corrected chi connectivity index (χ2v) is 3.63. The van der Waals surface area contributed by atoms with Gasteiger partial charge >= 0.3 is 0 Å². The molecular formula is C8H18N2O2. The molecule has 0 amide bonds. The third-order valence-corrected chi connectivity index (χ3v) is 2.32. The first-order valence-electron chi connectivity index (χ1n) is 4.41. The number of β-amino-alcohol motifs (C(OH)–C–C–N with tert-alkyl or cyclic N) is 1. The van der Waals surface area contributed by atoms with Gasteiger partial charge in [-0.3, -0.25) is 0 Å². The Kier molecular flexibility index (Phi) is 3.06. The second kappa shape index (κ2) is 3.70. The van der Waals surface area contributed by atoms with Crippen molar-refractivity contribution in [1.82, 2.24) is 10.2 Å². The number of piperazine rings is 1. The van der Waals surface area contributed by atoms with Gasteiger partial charge in [0.15, 0.2) is 0 Å². The fraction of sp³-hybridized carbons (Fsp3) is 1.00. The van der Waals surface area contributed by atoms with Gasteiger partial charge in [0, 0.05) is 18.6 Å². The van der Waals surface area contributed by atoms with Crippen LogP contribution in [-0.4, -0.2) is 46.2 Å². The molecule has 0 aliphatic carbocycles. The van der Waals surface area contributed by atoms with E-state index >= 15 is 0 Å². The third-order valence-electron chi connectivity index (χ3n) is 2.32. The zero-order valence-corrected chi connectivity index (χ0v) is 7.86. The zero-order chi connectivity index (χ0) is 9.30. The summed E-state index contributed by atoms with van der Waals surface area (Å²) in [5.41, 5.74) is 0. The van der Waals surface area contributed by atoms with Gasteiger partial charge in [-0.15, -0.1) is 0 Å². The molecule has 0 saturated carbocycles. The van der Waals surface area contributed by atoms with Crippen LogP contribution in [0.4, 0.5) is 0 Å². The van der Waals surface area contributed by atoms with Gasteiger partial charge in [-0.2, -0.15) is 0 Å². The minimum Gasteiger partial charge on any atom is -0.377 e. The van der Waals surface area contributed by atoms with Gasteiger partial charge in [0.05, 0.1) is 0 Å². The van der Waals surface area contributed by atoms with Crippen molar-refractivity contribution in [1.29, 1.82) is 0 Å². The molecule has 1 aliphatic rings. The molecule has 0 bridgehead atoms. The maximum Gasteiger partial charge on any atom is 0.124 e. The summed E-state index contributed by atoms with van der Waals surface area (Å²) in [6.07, 6.45) is -1.16. The topological polar surface area (TPSA) is 55.7 Å². The third kappa shape index (κ3) is 1.77. The minimum absolute atomic E-state index is 0.0239. The molecule has 4 heteroatoms. The average molecular weight is 174 g/mol. The summed E-state index contributed by atoms with van der Waals surface area (Å²) in [7, 11) is 0. The van der Waals surface area contributed by atoms with Crippen molar-refractivity contribution in [2.24, 2.45) is 0 Å². The van der Waals surface area contributed by atoms with E-state index in [0.717, 1.165) is 0 Å². The summed E-state index contributed by atoms with van der Waals surface area (Å²) in [5, 5.41) is 22.2. The Hall–Kier alpha value is -0.160. The van der Waals surface area contributed by atoms with Gasteiger partial charge < -0.3 is 15.5 Å². The van der Waals surface area contributed by atoms with E-state index in [2.05, 4.69) is 5.32 Å². The van der Waals surface area contributed by atoms with Gasteiger partial charge in [-0.1, -0.05) is 0 Å². The van der Waals surface area contributed by atoms with Gasteiger partial charge in [-0.25, -0.2) is 4.90 Å². The van der Waals surface area contributed by atoms with Crippen LogP contribution < -0.4 is 5.32 Å². The molecule has 1 saturated heterocycles. The molecule has 3 unspecified atom stereocenters. The highest BCUT2D eigenvalue weighted by Crippen LogP contribution is 2.14. The summed E-state index contributed by atoms with van der Waals surface area (Å²) in [5.74, 6) is 0. The number of aliphatic hydroxyl groups is 2. The van der Waals surface area contributed by atoms with Crippen molar-refractivity contribution in [3.63, 3.8) is 0 Å². The second-order valence-electron chi connectivity index (χ2n) is 3.63. The van der Waals surface area contributed by atoms with E-state index in [4.69, 9.17) is 0 Å². The molecule has 0 aromatic rings. The van der Waals surface area contributed by atoms with E-state index in [9.17, 15) is 10.2 Å². The monoisotopic (exact) mass is 174 g/mol. The number of nitrogens with one attached hydrogen (secondary N) is 1. The molecule has 0 radical (unpaired) electrons. The first kappa shape index (κ1) is 9.92. The summed E-state index contributed by atoms with van der Waals surface area (Å²) in [4.78, 5) is 1.71. The number of hydrogen-bond acceptors (Lipinski definition) is 4. The molecule has 3 N–H and O–H groups in total. The van der Waals surface area contributed by atoms with Gasteiger partial charge in [-0.05, 0) is 20.8 Å². The van der Waals surface area contributed by atoms with Crippen molar-refractivity contribution in [3.8, 4) is 0 Å². The average Bonchev–Trinajstić information content (AvgIpc) is 1.97. The Bertz CT molecular complexity index is 152. The molecule has 72 valence electrons. The van der Waals surface area contributed by atoms with E-state index in [-0.39, 0.29) is 12.1 Å². The maximum atomic E-state index is 9.68. The minimum atomic E-state index is -0.589. The normalized spacial score (nSPS) is 39.0. The molecule has 3 atom stereocenters. The van der Waals surface area contributed by atoms with Crippen LogP contribution >= 0.6 is 0 Å². The van der Waals surface area contributed by atoms with Crippen LogP contribution in [0.2, 0.25) is 0 Å². The standard InChI is InChI=1S/C8H18N2O2/c1-5(2)10-7(11)4-9-6(3)8(10)12/h5-9,11-12H,4H2,1-3H3. The lowest BCUT2D eigenvalue weighted by atomic mass is 10.1. The van der Waals surface area contributed by atoms with E-state index in [1.807, 2.05) is 20.8 Å². The molecule has 1 aliphatic heterocycles. The first-order chi connectivity index (χ1) is 5.54. The number of rotatable bonds is 1. The lowest BCUT2D eigenvalue weighted by molar-refractivity contribution is -0.152. The Morgan fingerprint density at radius 1 is 1.42 bits per heavy atom. The largest absolute Gasteiger partial charge is 0.377 e. The molecule has 4 nitrogen and oxygen atoms in total. The van der Waals surface area contributed by atoms with E-state index < -0.39 is 12.5 Å². The van der Waals surface area contributed by atoms with Crippen molar-refractivity contribution in [2.75, 3.05) is 6.54 Å². The fourth-order valence-electron chi connectivity index (χ4n) is 1.59. The Morgan fingerprint density at radius 2 is 2.00 bits per heavy atom. The van der Waals surface area contributed by atoms with Gasteiger partial charge in [0.1, 0.15) is 12.5 Å². The van der Waals surface area contributed by atoms with Gasteiger partial charge in [0.25, 0.3) is 0 Å². The Balaban J connectivity index is 2.65. The highest BCUT2D eigenvalue weighted by Gasteiger charge is 2.33. The molecule has 0 spiro atoms. The molecule has 1 fully saturated rings. The highest BCUT2D eigenvalue weighted by atomic mass is 16.3. The summed E-state index contributed by atoms with van der Waals surface area (Å²) < 4.78 is 0. The van der Waals surface area contributed by atoms with E-state index in [1.54, 1.807) is 4.90 Å². The number of nitrogens with zero attached hydrogens (tertiary/aromatic N) is 1. The molecule has 0 aromatic heterocycles. The predicted octanol–water partition coefficient (Wildman–Crippen LogP) is -0.675. The smallest absolute Gasteiger partial charge is 0.124 e. The van der Waals surface area contributed by atoms with Crippen molar-refractivity contribution in [2.45, 2.75) is 45.3 Å². The lowest BCUT2D eigenvalue weighted by Gasteiger charge is -2.43. The van der Waals surface area contributed by atoms with Crippen LogP contribution in [0.5, 0.6) is 0 Å². The summed E-state index contributed by atoms with van der Waals surface area (Å²) >= 11 is 0. The molecule has 12 heavy (non-hydrogen) atoms. The number of hydrogen-bond donors (Lipinski definition) is 3. The van der Waals surface area contributed by atoms with Crippen molar-refractivity contribution >= 4 is 0 Å². The van der Waals surface area contributed by atoms with Crippen molar-refractivity contribution < 1.29 is 10.2 Å². The maximum absolute atomic E-state index is 9.68. The molecule has 1 rings (SSSR count). The Labute approximate surface area is 73.2 Å². The van der Waals surface area contributed by atoms with Crippen LogP contribution in [-0.2, 0) is 0 Å².